The van der Waals surface area contributed by atoms with E-state index in [1.54, 1.807) is 0 Å². The van der Waals surface area contributed by atoms with Crippen LogP contribution in [0.3, 0.4) is 0 Å². The van der Waals surface area contributed by atoms with Gasteiger partial charge in [-0.25, -0.2) is 10.1 Å². The van der Waals surface area contributed by atoms with Crippen LogP contribution in [0.4, 0.5) is 0 Å². The molecule has 12 heavy (non-hydrogen) atoms. The molecule has 0 radical (unpaired) electrons. The van der Waals surface area contributed by atoms with Crippen LogP contribution < -0.4 is 17.3 Å². The van der Waals surface area contributed by atoms with Crippen LogP contribution in [0, 0.1) is 30.8 Å². The van der Waals surface area contributed by atoms with Crippen molar-refractivity contribution in [3.63, 3.8) is 0 Å². The third-order valence-corrected chi connectivity index (χ3v) is 0.212. The first kappa shape index (κ1) is 16.4. The molecule has 8 N–H and O–H groups in total. The van der Waals surface area contributed by atoms with Gasteiger partial charge in [0.1, 0.15) is 0 Å². The lowest BCUT2D eigenvalue weighted by Gasteiger charge is -1.86. The number of nitrogens with zero attached hydrogens (tertiary/aromatic N) is 2. The van der Waals surface area contributed by atoms with Gasteiger partial charge in [0.2, 0.25) is 5.96 Å². The molecule has 0 aromatic carbocycles. The second kappa shape index (κ2) is 8.83. The Balaban J connectivity index is -0.000000142. The fourth-order valence-electron chi connectivity index (χ4n) is 0.0983. The van der Waals surface area contributed by atoms with Gasteiger partial charge in [0.05, 0.1) is 5.09 Å². The third kappa shape index (κ3) is 109. The number of quaternary nitrogens is 1. The van der Waals surface area contributed by atoms with Crippen molar-refractivity contribution in [2.75, 3.05) is 0 Å². The highest BCUT2D eigenvalue weighted by Crippen LogP contribution is 1.50. The zero-order valence-corrected chi connectivity index (χ0v) is 6.01. The first-order chi connectivity index (χ1) is 4.86. The topological polar surface area (TPSA) is 208 Å². The van der Waals surface area contributed by atoms with Crippen molar-refractivity contribution < 1.29 is 10.1 Å². The summed E-state index contributed by atoms with van der Waals surface area (Å²) in [6.45, 7) is 0. The van der Waals surface area contributed by atoms with Crippen LogP contribution >= 0.6 is 0 Å². The van der Waals surface area contributed by atoms with Gasteiger partial charge in [0.25, 0.3) is 0 Å². The molecule has 0 fully saturated rings. The maximum atomic E-state index is 9.28. The van der Waals surface area contributed by atoms with E-state index in [9.17, 15) is 10.1 Å². The van der Waals surface area contributed by atoms with Gasteiger partial charge in [0.15, 0.2) is 5.03 Å². The van der Waals surface area contributed by atoms with Gasteiger partial charge in [-0.2, -0.15) is 0 Å². The van der Waals surface area contributed by atoms with E-state index in [1.807, 2.05) is 0 Å². The number of nitrogens with one attached hydrogen (secondary N) is 2. The Morgan fingerprint density at radius 2 is 1.58 bits per heavy atom. The zero-order chi connectivity index (χ0) is 9.44. The van der Waals surface area contributed by atoms with Crippen LogP contribution in [0.15, 0.2) is 0 Å². The molecule has 0 saturated carbocycles. The van der Waals surface area contributed by atoms with E-state index in [-0.39, 0.29) is 6.15 Å². The van der Waals surface area contributed by atoms with Crippen LogP contribution in [-0.4, -0.2) is 16.1 Å². The van der Waals surface area contributed by atoms with Crippen molar-refractivity contribution in [3.8, 4) is 0 Å². The molecule has 0 saturated heterocycles. The van der Waals surface area contributed by atoms with Gasteiger partial charge in [-0.3, -0.25) is 5.41 Å². The summed E-state index contributed by atoms with van der Waals surface area (Å²) >= 11 is 0. The average molecular weight is 184 g/mol. The van der Waals surface area contributed by atoms with Gasteiger partial charge in [0, 0.05) is 0 Å². The summed E-state index contributed by atoms with van der Waals surface area (Å²) in [7, 11) is 0. The molecule has 0 atom stereocenters. The van der Waals surface area contributed by atoms with Crippen LogP contribution in [0.25, 0.3) is 0 Å². The molecule has 11 heteroatoms. The summed E-state index contributed by atoms with van der Waals surface area (Å²) in [5, 5.41) is 29.4. The summed E-state index contributed by atoms with van der Waals surface area (Å²) in [4.78, 5) is 17.5. The third-order valence-electron chi connectivity index (χ3n) is 0.212. The summed E-state index contributed by atoms with van der Waals surface area (Å²) in [5.74, 6) is -0.662. The normalized spacial score (nSPS) is 6.33. The lowest BCUT2D eigenvalue weighted by atomic mass is 11.1. The molecular formula is CH8N6O5. The number of guanidine groups is 1. The fraction of sp³-hybridized carbons (Fsp3) is 0. The Hall–Kier alpha value is -2.17. The molecule has 11 nitrogen and oxygen atoms in total. The SMILES string of the molecule is N=C(N)N[N+](=O)[O-].O=[N+]([O-])[O-].[NH4+]. The van der Waals surface area contributed by atoms with E-state index in [4.69, 9.17) is 20.7 Å². The standard InChI is InChI=1S/CH4N4O2.NO3.H3N/c2-1(3)4-5(6)7;2-1(3)4;/h(H4,2,3,4);;1H3/q;-1;/p+1. The Kier molecular flexibility index (Phi) is 12.1. The van der Waals surface area contributed by atoms with Crippen molar-refractivity contribution in [2.45, 2.75) is 0 Å². The molecule has 0 unspecified atom stereocenters. The van der Waals surface area contributed by atoms with Crippen molar-refractivity contribution in [1.82, 2.24) is 11.6 Å². The Labute approximate surface area is 65.5 Å². The van der Waals surface area contributed by atoms with Crippen molar-refractivity contribution in [1.29, 1.82) is 5.41 Å². The van der Waals surface area contributed by atoms with Crippen molar-refractivity contribution in [2.24, 2.45) is 5.73 Å². The number of nitro groups is 1. The summed E-state index contributed by atoms with van der Waals surface area (Å²) in [6, 6.07) is 0. The van der Waals surface area contributed by atoms with Gasteiger partial charge in [-0.05, 0) is 0 Å². The van der Waals surface area contributed by atoms with E-state index in [2.05, 4.69) is 5.73 Å². The van der Waals surface area contributed by atoms with E-state index >= 15 is 0 Å². The first-order valence-corrected chi connectivity index (χ1v) is 1.93. The lowest BCUT2D eigenvalue weighted by Crippen LogP contribution is -2.34. The zero-order valence-electron chi connectivity index (χ0n) is 6.01. The summed E-state index contributed by atoms with van der Waals surface area (Å²) < 4.78 is 0. The molecule has 0 amide bonds. The van der Waals surface area contributed by atoms with Crippen LogP contribution in [-0.2, 0) is 0 Å². The Morgan fingerprint density at radius 3 is 1.58 bits per heavy atom. The van der Waals surface area contributed by atoms with Gasteiger partial charge < -0.3 is 27.2 Å². The van der Waals surface area contributed by atoms with E-state index in [0.717, 1.165) is 0 Å². The average Bonchev–Trinajstić information content (AvgIpc) is 1.56. The van der Waals surface area contributed by atoms with Crippen LogP contribution in [0.2, 0.25) is 0 Å². The van der Waals surface area contributed by atoms with E-state index in [1.165, 1.54) is 5.43 Å². The van der Waals surface area contributed by atoms with Gasteiger partial charge in [-0.1, -0.05) is 5.43 Å². The maximum absolute atomic E-state index is 9.28. The largest absolute Gasteiger partial charge is 0.369 e. The predicted molar refractivity (Wildman–Crippen MR) is 38.4 cm³/mol. The number of hydrogen-bond donors (Lipinski definition) is 4. The highest BCUT2D eigenvalue weighted by molar-refractivity contribution is 5.72. The Bertz CT molecular complexity index is 149. The number of nitrogens with two attached hydrogens (primary N) is 1. The van der Waals surface area contributed by atoms with Crippen LogP contribution in [0.1, 0.15) is 0 Å². The predicted octanol–water partition coefficient (Wildman–Crippen LogP) is -1.20. The van der Waals surface area contributed by atoms with E-state index in [0.29, 0.717) is 0 Å². The Morgan fingerprint density at radius 1 is 1.33 bits per heavy atom. The highest BCUT2D eigenvalue weighted by atomic mass is 16.9. The molecule has 0 heterocycles. The smallest absolute Gasteiger partial charge is 0.248 e. The molecule has 0 spiro atoms. The number of rotatable bonds is 1. The molecule has 0 aliphatic carbocycles. The first-order valence-electron chi connectivity index (χ1n) is 1.93. The molecule has 72 valence electrons. The van der Waals surface area contributed by atoms with Gasteiger partial charge in [-0.15, -0.1) is 0 Å². The molecular weight excluding hydrogens is 176 g/mol. The minimum Gasteiger partial charge on any atom is -0.369 e. The van der Waals surface area contributed by atoms with Crippen molar-refractivity contribution in [3.05, 3.63) is 25.4 Å². The maximum Gasteiger partial charge on any atom is 0.248 e. The quantitative estimate of drug-likeness (QED) is 0.169. The fourth-order valence-corrected chi connectivity index (χ4v) is 0.0983. The lowest BCUT2D eigenvalue weighted by molar-refractivity contribution is -0.525. The molecule has 0 aromatic heterocycles. The van der Waals surface area contributed by atoms with Gasteiger partial charge >= 0.3 is 0 Å². The minimum absolute atomic E-state index is 0. The molecule has 0 aliphatic heterocycles. The molecule has 0 aromatic rings. The molecule has 0 bridgehead atoms. The van der Waals surface area contributed by atoms with Crippen LogP contribution in [0.5, 0.6) is 0 Å². The monoisotopic (exact) mass is 184 g/mol. The number of hydrazine groups is 1. The summed E-state index contributed by atoms with van der Waals surface area (Å²) in [5.41, 5.74) is 5.91. The molecule has 0 rings (SSSR count). The van der Waals surface area contributed by atoms with Crippen molar-refractivity contribution >= 4 is 5.96 Å². The minimum atomic E-state index is -1.75. The summed E-state index contributed by atoms with van der Waals surface area (Å²) in [6.07, 6.45) is 0. The number of hydrogen-bond acceptors (Lipinski definition) is 6. The molecule has 0 aliphatic rings. The van der Waals surface area contributed by atoms with E-state index < -0.39 is 16.1 Å². The highest BCUT2D eigenvalue weighted by Gasteiger charge is 1.91. The second-order valence-corrected chi connectivity index (χ2v) is 1.01. The second-order valence-electron chi connectivity index (χ2n) is 1.01.